The molecule has 0 saturated carbocycles. The van der Waals surface area contributed by atoms with E-state index in [4.69, 9.17) is 11.6 Å². The highest BCUT2D eigenvalue weighted by molar-refractivity contribution is 7.85. The lowest BCUT2D eigenvalue weighted by atomic mass is 10.1. The maximum Gasteiger partial charge on any atom is 0.150 e. The molecule has 0 spiro atoms. The van der Waals surface area contributed by atoms with Crippen LogP contribution in [-0.4, -0.2) is 15.7 Å². The van der Waals surface area contributed by atoms with Gasteiger partial charge in [0, 0.05) is 16.3 Å². The molecule has 0 amide bonds. The molecule has 0 bridgehead atoms. The van der Waals surface area contributed by atoms with Crippen molar-refractivity contribution in [1.82, 2.24) is 0 Å². The van der Waals surface area contributed by atoms with E-state index in [9.17, 15) is 13.4 Å². The summed E-state index contributed by atoms with van der Waals surface area (Å²) < 4.78 is 25.4. The second kappa shape index (κ2) is 6.77. The lowest BCUT2D eigenvalue weighted by Gasteiger charge is -2.04. The summed E-state index contributed by atoms with van der Waals surface area (Å²) in [6.45, 7) is 0. The van der Waals surface area contributed by atoms with E-state index in [2.05, 4.69) is 0 Å². The maximum absolute atomic E-state index is 13.4. The predicted octanol–water partition coefficient (Wildman–Crippen LogP) is 3.40. The van der Waals surface area contributed by atoms with Crippen LogP contribution in [-0.2, 0) is 22.0 Å². The van der Waals surface area contributed by atoms with Gasteiger partial charge >= 0.3 is 0 Å². The number of carbonyl (C=O) groups is 1. The van der Waals surface area contributed by atoms with E-state index < -0.39 is 16.6 Å². The molecule has 5 heteroatoms. The van der Waals surface area contributed by atoms with Gasteiger partial charge in [0.25, 0.3) is 0 Å². The smallest absolute Gasteiger partial charge is 0.150 e. The van der Waals surface area contributed by atoms with Crippen LogP contribution in [0.4, 0.5) is 4.39 Å². The van der Waals surface area contributed by atoms with Gasteiger partial charge in [-0.2, -0.15) is 0 Å². The third-order valence-electron chi connectivity index (χ3n) is 2.70. The van der Waals surface area contributed by atoms with Crippen LogP contribution < -0.4 is 0 Å². The molecule has 0 aliphatic carbocycles. The van der Waals surface area contributed by atoms with Crippen molar-refractivity contribution in [3.8, 4) is 0 Å². The van der Waals surface area contributed by atoms with Gasteiger partial charge in [0.2, 0.25) is 0 Å². The lowest BCUT2D eigenvalue weighted by molar-refractivity contribution is -0.116. The summed E-state index contributed by atoms with van der Waals surface area (Å²) in [5.41, 5.74) is 0.320. The van der Waals surface area contributed by atoms with Crippen molar-refractivity contribution in [1.29, 1.82) is 0 Å². The van der Waals surface area contributed by atoms with Crippen LogP contribution in [0, 0.1) is 5.82 Å². The molecule has 0 heterocycles. The van der Waals surface area contributed by atoms with E-state index in [-0.39, 0.29) is 18.0 Å². The van der Waals surface area contributed by atoms with Crippen molar-refractivity contribution in [3.63, 3.8) is 0 Å². The SMILES string of the molecule is O=C(Cc1ccccc1F)CS(=O)c1cccc(Cl)c1. The molecule has 0 aliphatic rings. The molecular weight excluding hydrogens is 299 g/mol. The van der Waals surface area contributed by atoms with Gasteiger partial charge in [-0.25, -0.2) is 4.39 Å². The molecule has 0 fully saturated rings. The van der Waals surface area contributed by atoms with Gasteiger partial charge in [-0.1, -0.05) is 35.9 Å². The first-order chi connectivity index (χ1) is 9.56. The highest BCUT2D eigenvalue weighted by Crippen LogP contribution is 2.15. The molecule has 0 N–H and O–H groups in total. The number of hydrogen-bond acceptors (Lipinski definition) is 2. The molecule has 2 rings (SSSR count). The molecule has 1 atom stereocenters. The molecule has 20 heavy (non-hydrogen) atoms. The van der Waals surface area contributed by atoms with E-state index in [1.54, 1.807) is 42.5 Å². The molecule has 0 aromatic heterocycles. The Balaban J connectivity index is 2.02. The first-order valence-corrected chi connectivity index (χ1v) is 7.65. The Labute approximate surface area is 124 Å². The summed E-state index contributed by atoms with van der Waals surface area (Å²) in [7, 11) is -1.46. The molecule has 0 saturated heterocycles. The normalized spacial score (nSPS) is 12.1. The third-order valence-corrected chi connectivity index (χ3v) is 4.30. The van der Waals surface area contributed by atoms with Crippen molar-refractivity contribution >= 4 is 28.2 Å². The Morgan fingerprint density at radius 1 is 1.15 bits per heavy atom. The van der Waals surface area contributed by atoms with Crippen LogP contribution in [0.5, 0.6) is 0 Å². The fraction of sp³-hybridized carbons (Fsp3) is 0.133. The minimum Gasteiger partial charge on any atom is -0.298 e. The third kappa shape index (κ3) is 3.99. The number of ketones is 1. The van der Waals surface area contributed by atoms with Crippen molar-refractivity contribution in [2.75, 3.05) is 5.75 Å². The van der Waals surface area contributed by atoms with Crippen LogP contribution in [0.2, 0.25) is 5.02 Å². The van der Waals surface area contributed by atoms with Crippen LogP contribution in [0.3, 0.4) is 0 Å². The zero-order valence-electron chi connectivity index (χ0n) is 10.5. The molecule has 0 aliphatic heterocycles. The van der Waals surface area contributed by atoms with E-state index in [1.165, 1.54) is 6.07 Å². The summed E-state index contributed by atoms with van der Waals surface area (Å²) in [6, 6.07) is 12.6. The highest BCUT2D eigenvalue weighted by atomic mass is 35.5. The number of halogens is 2. The number of rotatable bonds is 5. The average molecular weight is 311 g/mol. The zero-order valence-corrected chi connectivity index (χ0v) is 12.1. The summed E-state index contributed by atoms with van der Waals surface area (Å²) in [5, 5.41) is 0.470. The van der Waals surface area contributed by atoms with Crippen LogP contribution in [0.25, 0.3) is 0 Å². The second-order valence-corrected chi connectivity index (χ2v) is 6.14. The summed E-state index contributed by atoms with van der Waals surface area (Å²) in [6.07, 6.45) is -0.0566. The van der Waals surface area contributed by atoms with Crippen molar-refractivity contribution in [2.45, 2.75) is 11.3 Å². The van der Waals surface area contributed by atoms with E-state index in [0.717, 1.165) is 0 Å². The first-order valence-electron chi connectivity index (χ1n) is 5.95. The minimum atomic E-state index is -1.46. The molecule has 104 valence electrons. The highest BCUT2D eigenvalue weighted by Gasteiger charge is 2.13. The van der Waals surface area contributed by atoms with Crippen molar-refractivity contribution in [2.24, 2.45) is 0 Å². The Hall–Kier alpha value is -1.52. The average Bonchev–Trinajstić information content (AvgIpc) is 2.41. The van der Waals surface area contributed by atoms with Gasteiger partial charge in [0.05, 0.1) is 16.6 Å². The van der Waals surface area contributed by atoms with Gasteiger partial charge in [0.1, 0.15) is 11.6 Å². The summed E-state index contributed by atoms with van der Waals surface area (Å²) in [4.78, 5) is 12.3. The van der Waals surface area contributed by atoms with Gasteiger partial charge < -0.3 is 0 Å². The first kappa shape index (κ1) is 14.9. The fourth-order valence-corrected chi connectivity index (χ4v) is 3.05. The Kier molecular flexibility index (Phi) is 5.04. The monoisotopic (exact) mass is 310 g/mol. The summed E-state index contributed by atoms with van der Waals surface area (Å²) >= 11 is 5.81. The van der Waals surface area contributed by atoms with Crippen LogP contribution >= 0.6 is 11.6 Å². The quantitative estimate of drug-likeness (QED) is 0.848. The topological polar surface area (TPSA) is 34.1 Å². The van der Waals surface area contributed by atoms with Gasteiger partial charge in [-0.15, -0.1) is 0 Å². The lowest BCUT2D eigenvalue weighted by Crippen LogP contribution is -2.14. The Bertz CT molecular complexity index is 658. The Morgan fingerprint density at radius 2 is 1.90 bits per heavy atom. The largest absolute Gasteiger partial charge is 0.298 e. The van der Waals surface area contributed by atoms with E-state index >= 15 is 0 Å². The van der Waals surface area contributed by atoms with E-state index in [1.807, 2.05) is 0 Å². The number of Topliss-reactive ketones (excluding diaryl/α,β-unsaturated/α-hetero) is 1. The van der Waals surface area contributed by atoms with Crippen molar-refractivity contribution in [3.05, 3.63) is 64.9 Å². The van der Waals surface area contributed by atoms with Crippen LogP contribution in [0.15, 0.2) is 53.4 Å². The fourth-order valence-electron chi connectivity index (χ4n) is 1.74. The zero-order chi connectivity index (χ0) is 14.5. The maximum atomic E-state index is 13.4. The van der Waals surface area contributed by atoms with E-state index in [0.29, 0.717) is 15.5 Å². The molecule has 1 unspecified atom stereocenters. The summed E-state index contributed by atoms with van der Waals surface area (Å²) in [5.74, 6) is -0.836. The number of carbonyl (C=O) groups excluding carboxylic acids is 1. The number of benzene rings is 2. The van der Waals surface area contributed by atoms with Gasteiger partial charge in [-0.05, 0) is 29.8 Å². The predicted molar refractivity (Wildman–Crippen MR) is 77.8 cm³/mol. The minimum absolute atomic E-state index is 0.0566. The van der Waals surface area contributed by atoms with Crippen LogP contribution in [0.1, 0.15) is 5.56 Å². The standard InChI is InChI=1S/C15H12ClFO2S/c16-12-5-3-6-14(9-12)20(19)10-13(18)8-11-4-1-2-7-15(11)17/h1-7,9H,8,10H2. The van der Waals surface area contributed by atoms with Gasteiger partial charge in [-0.3, -0.25) is 9.00 Å². The number of hydrogen-bond donors (Lipinski definition) is 0. The second-order valence-electron chi connectivity index (χ2n) is 4.25. The van der Waals surface area contributed by atoms with Gasteiger partial charge in [0.15, 0.2) is 0 Å². The van der Waals surface area contributed by atoms with Crippen molar-refractivity contribution < 1.29 is 13.4 Å². The molecule has 2 aromatic rings. The molecule has 0 radical (unpaired) electrons. The molecular formula is C15H12ClFO2S. The molecule has 2 aromatic carbocycles. The molecule has 2 nitrogen and oxygen atoms in total. The Morgan fingerprint density at radius 3 is 2.60 bits per heavy atom.